The highest BCUT2D eigenvalue weighted by Gasteiger charge is 2.33. The van der Waals surface area contributed by atoms with E-state index in [-0.39, 0.29) is 23.7 Å². The largest absolute Gasteiger partial charge is 0.459 e. The minimum atomic E-state index is -4.54. The van der Waals surface area contributed by atoms with E-state index < -0.39 is 27.7 Å². The van der Waals surface area contributed by atoms with Crippen LogP contribution in [-0.2, 0) is 29.2 Å². The lowest BCUT2D eigenvalue weighted by Crippen LogP contribution is -2.35. The van der Waals surface area contributed by atoms with E-state index in [0.29, 0.717) is 22.1 Å². The third kappa shape index (κ3) is 3.98. The Morgan fingerprint density at radius 1 is 1.20 bits per heavy atom. The first-order valence-electron chi connectivity index (χ1n) is 8.65. The van der Waals surface area contributed by atoms with Crippen LogP contribution in [0.3, 0.4) is 0 Å². The lowest BCUT2D eigenvalue weighted by atomic mass is 10.2. The smallest absolute Gasteiger partial charge is 0.416 e. The van der Waals surface area contributed by atoms with Crippen LogP contribution in [0.25, 0.3) is 0 Å². The Morgan fingerprint density at radius 3 is 2.57 bits per heavy atom. The number of halogens is 3. The fraction of sp³-hybridized carbons (Fsp3) is 0.222. The molecule has 0 radical (unpaired) electrons. The number of aromatic nitrogens is 1. The SMILES string of the molecule is O=C(Nc1nc2c(s1)CN(S(=O)(=O)c1ccc(C(F)(F)F)cc1)CC2)c1ccco1. The number of fused-ring (bicyclic) bond motifs is 1. The molecule has 0 saturated carbocycles. The summed E-state index contributed by atoms with van der Waals surface area (Å²) in [4.78, 5) is 16.8. The molecule has 0 saturated heterocycles. The van der Waals surface area contributed by atoms with Crippen LogP contribution in [0.5, 0.6) is 0 Å². The molecule has 1 aliphatic heterocycles. The predicted octanol–water partition coefficient (Wildman–Crippen LogP) is 3.75. The zero-order valence-electron chi connectivity index (χ0n) is 15.1. The van der Waals surface area contributed by atoms with Crippen molar-refractivity contribution in [1.82, 2.24) is 9.29 Å². The molecular weight excluding hydrogens is 443 g/mol. The van der Waals surface area contributed by atoms with E-state index >= 15 is 0 Å². The van der Waals surface area contributed by atoms with E-state index in [0.717, 1.165) is 35.6 Å². The Balaban J connectivity index is 1.51. The molecule has 0 bridgehead atoms. The molecule has 2 aromatic heterocycles. The molecule has 1 aromatic carbocycles. The minimum absolute atomic E-state index is 0.0208. The number of hydrogen-bond donors (Lipinski definition) is 1. The van der Waals surface area contributed by atoms with Gasteiger partial charge >= 0.3 is 6.18 Å². The summed E-state index contributed by atoms with van der Waals surface area (Å²) in [6, 6.07) is 6.48. The molecule has 4 rings (SSSR count). The number of furan rings is 1. The maximum atomic E-state index is 12.8. The summed E-state index contributed by atoms with van der Waals surface area (Å²) in [7, 11) is -3.97. The van der Waals surface area contributed by atoms with Gasteiger partial charge in [-0.3, -0.25) is 10.1 Å². The first-order chi connectivity index (χ1) is 14.1. The van der Waals surface area contributed by atoms with Gasteiger partial charge in [0.25, 0.3) is 5.91 Å². The molecule has 0 atom stereocenters. The van der Waals surface area contributed by atoms with Crippen LogP contribution in [0.2, 0.25) is 0 Å². The summed E-state index contributed by atoms with van der Waals surface area (Å²) in [5.74, 6) is -0.352. The van der Waals surface area contributed by atoms with Crippen molar-refractivity contribution in [3.05, 3.63) is 64.6 Å². The number of thiazole rings is 1. The van der Waals surface area contributed by atoms with Gasteiger partial charge in [-0.25, -0.2) is 13.4 Å². The van der Waals surface area contributed by atoms with Crippen LogP contribution in [0.15, 0.2) is 52.0 Å². The molecular formula is C18H14F3N3O4S2. The fourth-order valence-electron chi connectivity index (χ4n) is 2.96. The first-order valence-corrected chi connectivity index (χ1v) is 10.9. The van der Waals surface area contributed by atoms with Crippen molar-refractivity contribution in [1.29, 1.82) is 0 Å². The third-order valence-electron chi connectivity index (χ3n) is 4.48. The van der Waals surface area contributed by atoms with Gasteiger partial charge in [0.1, 0.15) is 0 Å². The number of rotatable bonds is 4. The van der Waals surface area contributed by atoms with Gasteiger partial charge in [0, 0.05) is 17.8 Å². The number of carbonyl (C=O) groups is 1. The lowest BCUT2D eigenvalue weighted by Gasteiger charge is -2.25. The topological polar surface area (TPSA) is 92.5 Å². The van der Waals surface area contributed by atoms with E-state index in [2.05, 4.69) is 10.3 Å². The highest BCUT2D eigenvalue weighted by atomic mass is 32.2. The van der Waals surface area contributed by atoms with E-state index in [1.54, 1.807) is 6.07 Å². The number of hydrogen-bond acceptors (Lipinski definition) is 6. The standard InChI is InChI=1S/C18H14F3N3O4S2/c19-18(20,21)11-3-5-12(6-4-11)30(26,27)24-8-7-13-15(10-24)29-17(22-13)23-16(25)14-2-1-9-28-14/h1-6,9H,7-8,10H2,(H,22,23,25). The molecule has 0 aliphatic carbocycles. The average molecular weight is 457 g/mol. The Morgan fingerprint density at radius 2 is 1.93 bits per heavy atom. The fourth-order valence-corrected chi connectivity index (χ4v) is 5.47. The van der Waals surface area contributed by atoms with Crippen LogP contribution in [0.4, 0.5) is 18.3 Å². The van der Waals surface area contributed by atoms with Gasteiger partial charge in [-0.05, 0) is 36.4 Å². The van der Waals surface area contributed by atoms with Gasteiger partial charge in [0.05, 0.1) is 29.0 Å². The highest BCUT2D eigenvalue weighted by Crippen LogP contribution is 2.33. The van der Waals surface area contributed by atoms with Gasteiger partial charge in [0.15, 0.2) is 10.9 Å². The van der Waals surface area contributed by atoms with E-state index in [1.807, 2.05) is 0 Å². The van der Waals surface area contributed by atoms with Crippen LogP contribution in [0.1, 0.15) is 26.7 Å². The summed E-state index contributed by atoms with van der Waals surface area (Å²) in [5.41, 5.74) is -0.240. The molecule has 3 heterocycles. The Kier molecular flexibility index (Phi) is 5.16. The van der Waals surface area contributed by atoms with Crippen molar-refractivity contribution >= 4 is 32.4 Å². The average Bonchev–Trinajstić information content (AvgIpc) is 3.36. The molecule has 1 N–H and O–H groups in total. The van der Waals surface area contributed by atoms with E-state index in [1.165, 1.54) is 16.6 Å². The number of alkyl halides is 3. The Bertz CT molecular complexity index is 1170. The number of benzene rings is 1. The number of carbonyl (C=O) groups excluding carboxylic acids is 1. The second-order valence-corrected chi connectivity index (χ2v) is 9.45. The molecule has 0 spiro atoms. The molecule has 3 aromatic rings. The molecule has 1 amide bonds. The summed E-state index contributed by atoms with van der Waals surface area (Å²) in [6.45, 7) is 0.151. The Hall–Kier alpha value is -2.70. The van der Waals surface area contributed by atoms with Crippen molar-refractivity contribution in [3.63, 3.8) is 0 Å². The van der Waals surface area contributed by atoms with Gasteiger partial charge in [-0.15, -0.1) is 11.3 Å². The van der Waals surface area contributed by atoms with Gasteiger partial charge < -0.3 is 4.42 Å². The van der Waals surface area contributed by atoms with Crippen molar-refractivity contribution in [2.45, 2.75) is 24.0 Å². The first kappa shape index (κ1) is 20.6. The van der Waals surface area contributed by atoms with Crippen molar-refractivity contribution in [2.24, 2.45) is 0 Å². The summed E-state index contributed by atoms with van der Waals surface area (Å²) < 4.78 is 70.0. The van der Waals surface area contributed by atoms with Crippen molar-refractivity contribution < 1.29 is 30.8 Å². The van der Waals surface area contributed by atoms with Crippen LogP contribution in [-0.4, -0.2) is 30.2 Å². The summed E-state index contributed by atoms with van der Waals surface area (Å²) in [6.07, 6.45) is -2.85. The van der Waals surface area contributed by atoms with E-state index in [9.17, 15) is 26.4 Å². The zero-order chi connectivity index (χ0) is 21.5. The maximum absolute atomic E-state index is 12.8. The molecule has 0 unspecified atom stereocenters. The van der Waals surface area contributed by atoms with Crippen LogP contribution in [0, 0.1) is 0 Å². The van der Waals surface area contributed by atoms with Gasteiger partial charge in [0.2, 0.25) is 10.0 Å². The number of anilines is 1. The number of nitrogens with one attached hydrogen (secondary N) is 1. The summed E-state index contributed by atoms with van der Waals surface area (Å²) in [5, 5.41) is 2.92. The minimum Gasteiger partial charge on any atom is -0.459 e. The van der Waals surface area contributed by atoms with Crippen LogP contribution < -0.4 is 5.32 Å². The van der Waals surface area contributed by atoms with Crippen molar-refractivity contribution in [3.8, 4) is 0 Å². The third-order valence-corrected chi connectivity index (χ3v) is 7.34. The second-order valence-electron chi connectivity index (χ2n) is 6.43. The zero-order valence-corrected chi connectivity index (χ0v) is 16.8. The van der Waals surface area contributed by atoms with Gasteiger partial charge in [-0.1, -0.05) is 0 Å². The van der Waals surface area contributed by atoms with Gasteiger partial charge in [-0.2, -0.15) is 17.5 Å². The highest BCUT2D eigenvalue weighted by molar-refractivity contribution is 7.89. The van der Waals surface area contributed by atoms with E-state index in [4.69, 9.17) is 4.42 Å². The molecule has 7 nitrogen and oxygen atoms in total. The maximum Gasteiger partial charge on any atom is 0.416 e. The number of nitrogens with zero attached hydrogens (tertiary/aromatic N) is 2. The number of sulfonamides is 1. The normalized spacial score (nSPS) is 15.0. The monoisotopic (exact) mass is 457 g/mol. The quantitative estimate of drug-likeness (QED) is 0.644. The lowest BCUT2D eigenvalue weighted by molar-refractivity contribution is -0.137. The summed E-state index contributed by atoms with van der Waals surface area (Å²) >= 11 is 1.14. The molecule has 30 heavy (non-hydrogen) atoms. The molecule has 1 aliphatic rings. The molecule has 158 valence electrons. The molecule has 0 fully saturated rings. The predicted molar refractivity (Wildman–Crippen MR) is 102 cm³/mol. The molecule has 12 heteroatoms. The Labute approximate surface area is 173 Å². The van der Waals surface area contributed by atoms with Crippen LogP contribution >= 0.6 is 11.3 Å². The number of amides is 1. The van der Waals surface area contributed by atoms with Crippen molar-refractivity contribution in [2.75, 3.05) is 11.9 Å². The second kappa shape index (κ2) is 7.52.